The van der Waals surface area contributed by atoms with Gasteiger partial charge in [-0.15, -0.1) is 0 Å². The molecule has 6 aromatic carbocycles. The zero-order chi connectivity index (χ0) is 68.2. The summed E-state index contributed by atoms with van der Waals surface area (Å²) in [4.78, 5) is 49.4. The maximum absolute atomic E-state index is 15.6. The molecule has 0 bridgehead atoms. The molecule has 4 atom stereocenters. The molecule has 0 saturated carbocycles. The first-order valence-electron chi connectivity index (χ1n) is 34.6. The number of nitriles is 1. The predicted octanol–water partition coefficient (Wildman–Crippen LogP) is 12.5. The molecular weight excluding hydrogens is 1300 g/mol. The third-order valence-electron chi connectivity index (χ3n) is 20.4. The fourth-order valence-electron chi connectivity index (χ4n) is 16.2. The molecule has 1 fully saturated rings. The molecule has 1 spiro atoms. The lowest BCUT2D eigenvalue weighted by Crippen LogP contribution is -2.50. The van der Waals surface area contributed by atoms with Crippen LogP contribution in [-0.2, 0) is 70.2 Å². The summed E-state index contributed by atoms with van der Waals surface area (Å²) in [6, 6.07) is 38.5. The quantitative estimate of drug-likeness (QED) is 0.0316. The Hall–Kier alpha value is -7.65. The Kier molecular flexibility index (Phi) is 19.2. The first-order chi connectivity index (χ1) is 47.4. The van der Waals surface area contributed by atoms with E-state index in [1.807, 2.05) is 50.2 Å². The molecule has 7 aliphatic heterocycles. The third-order valence-corrected chi connectivity index (χ3v) is 24.8. The molecule has 1 aromatic heterocycles. The number of anilines is 2. The van der Waals surface area contributed by atoms with Crippen LogP contribution in [0.1, 0.15) is 158 Å². The lowest BCUT2D eigenvalue weighted by atomic mass is 9.70. The van der Waals surface area contributed by atoms with E-state index in [4.69, 9.17) is 34.9 Å². The van der Waals surface area contributed by atoms with E-state index in [1.54, 1.807) is 16.4 Å². The van der Waals surface area contributed by atoms with Crippen molar-refractivity contribution in [2.75, 3.05) is 62.3 Å². The molecular formula is C77H84ClN8O10PS. The zero-order valence-electron chi connectivity index (χ0n) is 56.5. The average Bonchev–Trinajstić information content (AvgIpc) is 1.42. The lowest BCUT2D eigenvalue weighted by Gasteiger charge is -2.48. The van der Waals surface area contributed by atoms with Gasteiger partial charge in [0.2, 0.25) is 15.9 Å². The van der Waals surface area contributed by atoms with Crippen molar-refractivity contribution >= 4 is 47.4 Å². The van der Waals surface area contributed by atoms with Crippen LogP contribution in [0.25, 0.3) is 0 Å². The highest BCUT2D eigenvalue weighted by Gasteiger charge is 2.61. The average molecular weight is 1380 g/mol. The summed E-state index contributed by atoms with van der Waals surface area (Å²) in [5, 5.41) is 12.9. The van der Waals surface area contributed by atoms with Gasteiger partial charge >= 0.3 is 5.69 Å². The molecule has 0 radical (unpaired) electrons. The Labute approximate surface area is 580 Å². The van der Waals surface area contributed by atoms with Gasteiger partial charge in [0.25, 0.3) is 14.1 Å². The minimum atomic E-state index is -4.27. The van der Waals surface area contributed by atoms with Gasteiger partial charge in [0, 0.05) is 121 Å². The molecule has 8 heterocycles. The van der Waals surface area contributed by atoms with E-state index in [9.17, 15) is 19.6 Å². The molecule has 14 rings (SSSR count). The number of nitrogens with one attached hydrogen (secondary N) is 2. The van der Waals surface area contributed by atoms with Crippen molar-refractivity contribution in [2.24, 2.45) is 0 Å². The van der Waals surface area contributed by atoms with Gasteiger partial charge in [0.05, 0.1) is 36.7 Å². The SMILES string of the molecule is Cc1ccc(C(OC[C@H]2O[C@@H](n3cc(C#CCCC(=O)NCCN4C5(c6ccc(Cl)cc6S4(=O)=O)c4cc6c7c(c4Oc4c5cc5c8c4CCCN8CCC5)CCCN7CCC6)c(=O)[nH]c3=O)CC2OP(OCCC#N)N(C(C)C)C(C)C)(c2ccccc2)c2ccc(C)cc2)cc1. The van der Waals surface area contributed by atoms with Gasteiger partial charge in [-0.25, -0.2) is 17.9 Å². The number of fused-ring (bicyclic) bond motifs is 8. The van der Waals surface area contributed by atoms with Crippen LogP contribution in [0.2, 0.25) is 5.02 Å². The van der Waals surface area contributed by atoms with E-state index in [1.165, 1.54) is 33.3 Å². The molecule has 7 aliphatic rings. The number of ether oxygens (including phenoxy) is 3. The van der Waals surface area contributed by atoms with Crippen molar-refractivity contribution in [2.45, 2.75) is 165 Å². The van der Waals surface area contributed by atoms with Crippen LogP contribution in [0.5, 0.6) is 11.5 Å². The molecule has 18 nitrogen and oxygen atoms in total. The molecule has 0 aliphatic carbocycles. The van der Waals surface area contributed by atoms with Crippen LogP contribution in [0.3, 0.4) is 0 Å². The van der Waals surface area contributed by atoms with Gasteiger partial charge in [-0.1, -0.05) is 119 Å². The number of aromatic nitrogens is 2. The molecule has 1 amide bonds. The van der Waals surface area contributed by atoms with Crippen molar-refractivity contribution in [3.05, 3.63) is 214 Å². The number of hydrogen-bond donors (Lipinski definition) is 2. The molecule has 98 heavy (non-hydrogen) atoms. The molecule has 7 aromatic rings. The van der Waals surface area contributed by atoms with Crippen LogP contribution in [0, 0.1) is 37.0 Å². The van der Waals surface area contributed by atoms with E-state index in [0.29, 0.717) is 10.6 Å². The van der Waals surface area contributed by atoms with Crippen molar-refractivity contribution in [1.29, 1.82) is 5.26 Å². The number of rotatable bonds is 20. The number of aromatic amines is 1. The zero-order valence-corrected chi connectivity index (χ0v) is 59.0. The van der Waals surface area contributed by atoms with Crippen LogP contribution >= 0.6 is 20.1 Å². The second-order valence-corrected chi connectivity index (χ2v) is 31.1. The standard InChI is InChI=1S/C77H84ClN8O10PS/c1-49(2)86(50(3)4)97(93-42-16-35-79)96-65-46-69(94-66(65)48-92-77(56-20-8-7-9-21-56,57-29-25-51(5)26-30-57)58-31-27-52(6)28-32-58)84-47-55(74(88)81-75(84)89)17-10-11-24-68(87)80-36-41-85-76(62-34-33-59(78)45-67(62)98(85,90)91)63-43-53-18-12-37-82-39-14-22-60(70(53)82)72(63)95-73-61-23-15-40-83-38-13-19-54(71(61)83)44-64(73)76/h7-9,20-21,25-34,43-45,47,49-50,65-66,69H,11-16,18-19,22-24,36-42,46,48H2,1-6H3,(H,80,87)(H,81,88,89)/t65?,66-,69-,97?/m1/s1. The molecule has 2 unspecified atom stereocenters. The number of nitrogens with zero attached hydrogens (tertiary/aromatic N) is 6. The monoisotopic (exact) mass is 1380 g/mol. The maximum Gasteiger partial charge on any atom is 0.330 e. The van der Waals surface area contributed by atoms with Crippen LogP contribution in [0.4, 0.5) is 11.4 Å². The number of hydrogen-bond acceptors (Lipinski definition) is 14. The molecule has 1 saturated heterocycles. The summed E-state index contributed by atoms with van der Waals surface area (Å²) < 4.78 is 71.6. The van der Waals surface area contributed by atoms with Gasteiger partial charge in [-0.3, -0.25) is 19.1 Å². The number of carbonyl (C=O) groups excluding carboxylic acids is 1. The number of sulfonamides is 1. The minimum Gasteiger partial charge on any atom is -0.456 e. The second-order valence-electron chi connectivity index (χ2n) is 27.4. The largest absolute Gasteiger partial charge is 0.456 e. The third kappa shape index (κ3) is 12.2. The molecule has 2 N–H and O–H groups in total. The van der Waals surface area contributed by atoms with Gasteiger partial charge in [0.15, 0.2) is 0 Å². The summed E-state index contributed by atoms with van der Waals surface area (Å²) in [6.07, 6.45) is 6.35. The fraction of sp³-hybridized carbons (Fsp3) is 0.429. The van der Waals surface area contributed by atoms with Crippen LogP contribution in [-0.4, -0.2) is 110 Å². The Morgan fingerprint density at radius 2 is 1.39 bits per heavy atom. The lowest BCUT2D eigenvalue weighted by molar-refractivity contribution is -0.121. The summed E-state index contributed by atoms with van der Waals surface area (Å²) in [6.45, 7) is 16.2. The number of carbonyl (C=O) groups is 1. The number of amides is 1. The van der Waals surface area contributed by atoms with Gasteiger partial charge in [0.1, 0.15) is 40.5 Å². The van der Waals surface area contributed by atoms with Crippen molar-refractivity contribution in [3.8, 4) is 29.4 Å². The number of benzene rings is 6. The van der Waals surface area contributed by atoms with Crippen molar-refractivity contribution in [1.82, 2.24) is 23.8 Å². The summed E-state index contributed by atoms with van der Waals surface area (Å²) in [5.74, 6) is 7.05. The normalized spacial score (nSPS) is 19.6. The summed E-state index contributed by atoms with van der Waals surface area (Å²) >= 11 is 6.75. The summed E-state index contributed by atoms with van der Waals surface area (Å²) in [5.41, 5.74) is 10.2. The van der Waals surface area contributed by atoms with Crippen molar-refractivity contribution < 1.29 is 36.5 Å². The fourth-order valence-corrected chi connectivity index (χ4v) is 20.2. The number of halogens is 1. The Morgan fingerprint density at radius 3 is 1.98 bits per heavy atom. The van der Waals surface area contributed by atoms with Crippen molar-refractivity contribution in [3.63, 3.8) is 0 Å². The van der Waals surface area contributed by atoms with Gasteiger partial charge < -0.3 is 38.4 Å². The predicted molar refractivity (Wildman–Crippen MR) is 380 cm³/mol. The summed E-state index contributed by atoms with van der Waals surface area (Å²) in [7, 11) is -6.07. The van der Waals surface area contributed by atoms with E-state index < -0.39 is 59.4 Å². The Balaban J connectivity index is 0.740. The van der Waals surface area contributed by atoms with Crippen LogP contribution in [0.15, 0.2) is 130 Å². The highest BCUT2D eigenvalue weighted by Crippen LogP contribution is 2.64. The van der Waals surface area contributed by atoms with E-state index >= 15 is 8.42 Å². The molecule has 510 valence electrons. The first kappa shape index (κ1) is 67.5. The smallest absolute Gasteiger partial charge is 0.330 e. The minimum absolute atomic E-state index is 0.0121. The maximum atomic E-state index is 15.6. The number of H-pyrrole nitrogens is 1. The Bertz CT molecular complexity index is 4430. The van der Waals surface area contributed by atoms with Gasteiger partial charge in [-0.05, 0) is 145 Å². The van der Waals surface area contributed by atoms with E-state index in [0.717, 1.165) is 139 Å². The topological polar surface area (TPSA) is 201 Å². The number of aryl methyl sites for hydroxylation is 4. The first-order valence-corrected chi connectivity index (χ1v) is 37.6. The highest BCUT2D eigenvalue weighted by molar-refractivity contribution is 7.89. The van der Waals surface area contributed by atoms with Gasteiger partial charge in [-0.2, -0.15) is 9.57 Å². The highest BCUT2D eigenvalue weighted by atomic mass is 35.5. The van der Waals surface area contributed by atoms with E-state index in [2.05, 4.69) is 131 Å². The molecule has 21 heteroatoms. The van der Waals surface area contributed by atoms with E-state index in [-0.39, 0.29) is 80.4 Å². The Morgan fingerprint density at radius 1 is 0.796 bits per heavy atom. The van der Waals surface area contributed by atoms with Crippen LogP contribution < -0.4 is 31.1 Å². The second kappa shape index (κ2) is 27.8.